The number of pyridine rings is 1. The van der Waals surface area contributed by atoms with Crippen molar-refractivity contribution in [3.05, 3.63) is 69.6 Å². The SMILES string of the molecule is O=C(O)C(c1ccc(Cn2ccc(C(F)(F)F)cc2=O)cc1)C1CCCC1. The summed E-state index contributed by atoms with van der Waals surface area (Å²) in [6, 6.07) is 8.38. The Morgan fingerprint density at radius 1 is 1.15 bits per heavy atom. The first kappa shape index (κ1) is 19.2. The molecule has 1 aliphatic rings. The molecule has 0 radical (unpaired) electrons. The number of nitrogens with zero attached hydrogens (tertiary/aromatic N) is 1. The van der Waals surface area contributed by atoms with Gasteiger partial charge in [-0.3, -0.25) is 9.59 Å². The molecule has 7 heteroatoms. The highest BCUT2D eigenvalue weighted by Gasteiger charge is 2.32. The van der Waals surface area contributed by atoms with Gasteiger partial charge in [0, 0.05) is 12.3 Å². The highest BCUT2D eigenvalue weighted by atomic mass is 19.4. The summed E-state index contributed by atoms with van der Waals surface area (Å²) in [5, 5.41) is 9.58. The van der Waals surface area contributed by atoms with Crippen LogP contribution in [0.25, 0.3) is 0 Å². The van der Waals surface area contributed by atoms with E-state index in [1.807, 2.05) is 0 Å². The Kier molecular flexibility index (Phi) is 5.39. The molecular weight excluding hydrogens is 359 g/mol. The fourth-order valence-electron chi connectivity index (χ4n) is 3.75. The lowest BCUT2D eigenvalue weighted by Gasteiger charge is -2.20. The molecule has 1 aromatic heterocycles. The molecule has 1 saturated carbocycles. The van der Waals surface area contributed by atoms with Crippen molar-refractivity contribution in [3.8, 4) is 0 Å². The van der Waals surface area contributed by atoms with Gasteiger partial charge in [0.2, 0.25) is 0 Å². The summed E-state index contributed by atoms with van der Waals surface area (Å²) in [5.41, 5.74) is -0.266. The smallest absolute Gasteiger partial charge is 0.416 e. The quantitative estimate of drug-likeness (QED) is 0.844. The maximum atomic E-state index is 12.6. The standard InChI is InChI=1S/C20H20F3NO3/c21-20(22,23)16-9-10-24(17(25)11-16)12-13-5-7-15(8-6-13)18(19(26)27)14-3-1-2-4-14/h5-11,14,18H,1-4,12H2,(H,26,27). The van der Waals surface area contributed by atoms with Gasteiger partial charge in [-0.25, -0.2) is 0 Å². The number of carboxylic acid groups (broad SMARTS) is 1. The molecule has 1 unspecified atom stereocenters. The molecule has 1 aromatic carbocycles. The third-order valence-corrected chi connectivity index (χ3v) is 5.15. The largest absolute Gasteiger partial charge is 0.481 e. The van der Waals surface area contributed by atoms with Crippen molar-refractivity contribution in [2.75, 3.05) is 0 Å². The van der Waals surface area contributed by atoms with Crippen LogP contribution < -0.4 is 5.56 Å². The summed E-state index contributed by atoms with van der Waals surface area (Å²) in [7, 11) is 0. The summed E-state index contributed by atoms with van der Waals surface area (Å²) in [4.78, 5) is 23.6. The highest BCUT2D eigenvalue weighted by molar-refractivity contribution is 5.76. The van der Waals surface area contributed by atoms with Gasteiger partial charge in [-0.15, -0.1) is 0 Å². The predicted molar refractivity (Wildman–Crippen MR) is 93.6 cm³/mol. The van der Waals surface area contributed by atoms with E-state index in [0.717, 1.165) is 49.1 Å². The highest BCUT2D eigenvalue weighted by Crippen LogP contribution is 2.37. The van der Waals surface area contributed by atoms with Gasteiger partial charge in [0.1, 0.15) is 0 Å². The van der Waals surface area contributed by atoms with Crippen LogP contribution in [0.5, 0.6) is 0 Å². The van der Waals surface area contributed by atoms with Gasteiger partial charge in [-0.05, 0) is 36.0 Å². The Bertz CT molecular complexity index is 865. The average Bonchev–Trinajstić information content (AvgIpc) is 3.11. The van der Waals surface area contributed by atoms with Gasteiger partial charge in [-0.1, -0.05) is 37.1 Å². The normalized spacial score (nSPS) is 16.4. The first-order valence-corrected chi connectivity index (χ1v) is 8.85. The van der Waals surface area contributed by atoms with Crippen molar-refractivity contribution in [2.45, 2.75) is 44.3 Å². The van der Waals surface area contributed by atoms with Crippen molar-refractivity contribution in [3.63, 3.8) is 0 Å². The molecule has 0 aliphatic heterocycles. The second kappa shape index (κ2) is 7.58. The molecule has 1 fully saturated rings. The zero-order valence-electron chi connectivity index (χ0n) is 14.6. The van der Waals surface area contributed by atoms with Crippen molar-refractivity contribution in [1.82, 2.24) is 4.57 Å². The minimum atomic E-state index is -4.55. The van der Waals surface area contributed by atoms with E-state index in [1.165, 1.54) is 4.57 Å². The van der Waals surface area contributed by atoms with E-state index in [1.54, 1.807) is 24.3 Å². The van der Waals surface area contributed by atoms with Gasteiger partial charge in [0.15, 0.2) is 0 Å². The Balaban J connectivity index is 1.78. The van der Waals surface area contributed by atoms with E-state index in [2.05, 4.69) is 0 Å². The van der Waals surface area contributed by atoms with E-state index >= 15 is 0 Å². The average molecular weight is 379 g/mol. The number of hydrogen-bond acceptors (Lipinski definition) is 2. The Morgan fingerprint density at radius 3 is 2.30 bits per heavy atom. The first-order chi connectivity index (χ1) is 12.8. The number of carboxylic acids is 1. The number of carbonyl (C=O) groups is 1. The summed E-state index contributed by atoms with van der Waals surface area (Å²) < 4.78 is 39.1. The van der Waals surface area contributed by atoms with Crippen LogP contribution >= 0.6 is 0 Å². The molecule has 144 valence electrons. The number of alkyl halides is 3. The summed E-state index contributed by atoms with van der Waals surface area (Å²) >= 11 is 0. The first-order valence-electron chi connectivity index (χ1n) is 8.85. The van der Waals surface area contributed by atoms with Crippen LogP contribution in [0.1, 0.15) is 48.3 Å². The molecule has 1 N–H and O–H groups in total. The van der Waals surface area contributed by atoms with Gasteiger partial charge in [0.05, 0.1) is 18.0 Å². The Morgan fingerprint density at radius 2 is 1.78 bits per heavy atom. The van der Waals surface area contributed by atoms with Gasteiger partial charge in [-0.2, -0.15) is 13.2 Å². The van der Waals surface area contributed by atoms with Crippen molar-refractivity contribution < 1.29 is 23.1 Å². The van der Waals surface area contributed by atoms with Crippen LogP contribution in [0, 0.1) is 5.92 Å². The van der Waals surface area contributed by atoms with Crippen LogP contribution in [-0.4, -0.2) is 15.6 Å². The number of hydrogen-bond donors (Lipinski definition) is 1. The molecule has 27 heavy (non-hydrogen) atoms. The summed E-state index contributed by atoms with van der Waals surface area (Å²) in [6.45, 7) is 0.123. The number of benzene rings is 1. The molecule has 4 nitrogen and oxygen atoms in total. The topological polar surface area (TPSA) is 59.3 Å². The monoisotopic (exact) mass is 379 g/mol. The molecule has 3 rings (SSSR count). The van der Waals surface area contributed by atoms with Crippen LogP contribution in [0.3, 0.4) is 0 Å². The minimum Gasteiger partial charge on any atom is -0.481 e. The van der Waals surface area contributed by atoms with Crippen LogP contribution in [0.15, 0.2) is 47.4 Å². The van der Waals surface area contributed by atoms with Gasteiger partial charge in [0.25, 0.3) is 5.56 Å². The van der Waals surface area contributed by atoms with E-state index in [4.69, 9.17) is 0 Å². The minimum absolute atomic E-state index is 0.123. The van der Waals surface area contributed by atoms with E-state index in [0.29, 0.717) is 6.07 Å². The van der Waals surface area contributed by atoms with Crippen LogP contribution in [0.2, 0.25) is 0 Å². The van der Waals surface area contributed by atoms with Gasteiger partial charge < -0.3 is 9.67 Å². The van der Waals surface area contributed by atoms with Crippen molar-refractivity contribution in [2.24, 2.45) is 5.92 Å². The lowest BCUT2D eigenvalue weighted by Crippen LogP contribution is -2.22. The van der Waals surface area contributed by atoms with Crippen LogP contribution in [-0.2, 0) is 17.5 Å². The van der Waals surface area contributed by atoms with E-state index in [9.17, 15) is 27.9 Å². The molecule has 0 amide bonds. The van der Waals surface area contributed by atoms with Crippen LogP contribution in [0.4, 0.5) is 13.2 Å². The molecule has 1 heterocycles. The zero-order valence-corrected chi connectivity index (χ0v) is 14.6. The number of rotatable bonds is 5. The number of halogens is 3. The van der Waals surface area contributed by atoms with Gasteiger partial charge >= 0.3 is 12.1 Å². The summed E-state index contributed by atoms with van der Waals surface area (Å²) in [6.07, 6.45) is 0.468. The zero-order chi connectivity index (χ0) is 19.6. The molecular formula is C20H20F3NO3. The second-order valence-electron chi connectivity index (χ2n) is 6.98. The Hall–Kier alpha value is -2.57. The summed E-state index contributed by atoms with van der Waals surface area (Å²) in [5.74, 6) is -1.25. The molecule has 1 atom stereocenters. The van der Waals surface area contributed by atoms with Crippen molar-refractivity contribution in [1.29, 1.82) is 0 Å². The fourth-order valence-corrected chi connectivity index (χ4v) is 3.75. The molecule has 0 saturated heterocycles. The lowest BCUT2D eigenvalue weighted by molar-refractivity contribution is -0.140. The maximum absolute atomic E-state index is 12.6. The van der Waals surface area contributed by atoms with E-state index in [-0.39, 0.29) is 12.5 Å². The second-order valence-corrected chi connectivity index (χ2v) is 6.98. The van der Waals surface area contributed by atoms with Crippen molar-refractivity contribution >= 4 is 5.97 Å². The molecule has 0 spiro atoms. The predicted octanol–water partition coefficient (Wildman–Crippen LogP) is 4.27. The molecule has 2 aromatic rings. The third-order valence-electron chi connectivity index (χ3n) is 5.15. The Labute approximate surface area is 154 Å². The number of aromatic nitrogens is 1. The fraction of sp³-hybridized carbons (Fsp3) is 0.400. The molecule has 0 bridgehead atoms. The molecule has 1 aliphatic carbocycles. The third kappa shape index (κ3) is 4.40. The maximum Gasteiger partial charge on any atom is 0.416 e. The number of aliphatic carboxylic acids is 1. The van der Waals surface area contributed by atoms with E-state index < -0.39 is 29.2 Å². The lowest BCUT2D eigenvalue weighted by atomic mass is 9.84.